The zero-order valence-corrected chi connectivity index (χ0v) is 37.2. The molecule has 2 spiro atoms. The molecule has 0 radical (unpaired) electrons. The summed E-state index contributed by atoms with van der Waals surface area (Å²) in [6.07, 6.45) is -6.28. The Hall–Kier alpha value is -1.50. The summed E-state index contributed by atoms with van der Waals surface area (Å²) >= 11 is 0. The van der Waals surface area contributed by atoms with Crippen LogP contribution in [0.15, 0.2) is 0 Å². The quantitative estimate of drug-likeness (QED) is 0.153. The lowest BCUT2D eigenvalue weighted by atomic mass is 9.41. The first kappa shape index (κ1) is 45.1. The molecule has 6 N–H and O–H groups in total. The molecule has 0 aromatic carbocycles. The minimum atomic E-state index is -1.46. The lowest BCUT2D eigenvalue weighted by Gasteiger charge is -2.65. The van der Waals surface area contributed by atoms with Crippen LogP contribution in [-0.4, -0.2) is 140 Å². The molecule has 15 nitrogen and oxygen atoms in total. The Morgan fingerprint density at radius 3 is 2.00 bits per heavy atom. The molecule has 15 heteroatoms. The Balaban J connectivity index is 1.16. The highest BCUT2D eigenvalue weighted by Crippen LogP contribution is 2.89. The third-order valence-corrected chi connectivity index (χ3v) is 18.1. The van der Waals surface area contributed by atoms with E-state index in [1.165, 1.54) is 13.8 Å². The van der Waals surface area contributed by atoms with Crippen molar-refractivity contribution in [3.05, 3.63) is 0 Å². The van der Waals surface area contributed by atoms with E-state index in [-0.39, 0.29) is 52.1 Å². The van der Waals surface area contributed by atoms with Gasteiger partial charge in [-0.05, 0) is 124 Å². The van der Waals surface area contributed by atoms with Crippen molar-refractivity contribution >= 4 is 11.9 Å². The molecular formula is C45H72O15. The second-order valence-electron chi connectivity index (χ2n) is 22.2. The molecule has 0 aromatic heterocycles. The highest BCUT2D eigenvalue weighted by atomic mass is 16.7. The van der Waals surface area contributed by atoms with Gasteiger partial charge in [0.15, 0.2) is 24.8 Å². The number of ether oxygens (including phenoxy) is 7. The predicted octanol–water partition coefficient (Wildman–Crippen LogP) is 2.89. The van der Waals surface area contributed by atoms with Crippen LogP contribution in [0.1, 0.15) is 127 Å². The minimum absolute atomic E-state index is 0.0800. The highest BCUT2D eigenvalue weighted by molar-refractivity contribution is 5.66. The van der Waals surface area contributed by atoms with Crippen molar-refractivity contribution in [1.29, 1.82) is 0 Å². The van der Waals surface area contributed by atoms with Gasteiger partial charge in [0.05, 0.1) is 48.3 Å². The molecule has 8 rings (SSSR count). The van der Waals surface area contributed by atoms with Gasteiger partial charge in [0, 0.05) is 19.8 Å². The number of fused-ring (bicyclic) bond motifs is 2. The van der Waals surface area contributed by atoms with Crippen molar-refractivity contribution in [2.24, 2.45) is 44.8 Å². The van der Waals surface area contributed by atoms with Gasteiger partial charge in [0.25, 0.3) is 0 Å². The van der Waals surface area contributed by atoms with E-state index >= 15 is 0 Å². The maximum atomic E-state index is 12.4. The van der Waals surface area contributed by atoms with Gasteiger partial charge in [-0.1, -0.05) is 27.7 Å². The maximum Gasteiger partial charge on any atom is 0.303 e. The highest BCUT2D eigenvalue weighted by Gasteiger charge is 2.85. The van der Waals surface area contributed by atoms with Crippen molar-refractivity contribution < 1.29 is 73.4 Å². The van der Waals surface area contributed by atoms with E-state index in [2.05, 4.69) is 34.6 Å². The van der Waals surface area contributed by atoms with E-state index in [0.717, 1.165) is 32.1 Å². The summed E-state index contributed by atoms with van der Waals surface area (Å²) in [4.78, 5) is 24.6. The largest absolute Gasteiger partial charge is 0.454 e. The Bertz CT molecular complexity index is 1670. The summed E-state index contributed by atoms with van der Waals surface area (Å²) in [6.45, 7) is 18.6. The van der Waals surface area contributed by atoms with Crippen LogP contribution < -0.4 is 0 Å². The van der Waals surface area contributed by atoms with Crippen molar-refractivity contribution in [2.75, 3.05) is 6.61 Å². The summed E-state index contributed by atoms with van der Waals surface area (Å²) < 4.78 is 44.0. The summed E-state index contributed by atoms with van der Waals surface area (Å²) in [7, 11) is 0. The van der Waals surface area contributed by atoms with E-state index in [1.807, 2.05) is 0 Å². The van der Waals surface area contributed by atoms with Gasteiger partial charge in [-0.15, -0.1) is 0 Å². The van der Waals surface area contributed by atoms with Crippen LogP contribution in [0.5, 0.6) is 0 Å². The van der Waals surface area contributed by atoms with Gasteiger partial charge in [-0.2, -0.15) is 0 Å². The Kier molecular flexibility index (Phi) is 11.1. The normalized spacial score (nSPS) is 54.5. The van der Waals surface area contributed by atoms with Crippen LogP contribution in [0.2, 0.25) is 0 Å². The number of aliphatic hydroxyl groups is 6. The molecule has 5 aliphatic carbocycles. The van der Waals surface area contributed by atoms with Gasteiger partial charge in [0.2, 0.25) is 0 Å². The molecule has 8 aliphatic rings. The van der Waals surface area contributed by atoms with Crippen molar-refractivity contribution in [1.82, 2.24) is 0 Å². The molecule has 0 aromatic rings. The van der Waals surface area contributed by atoms with Gasteiger partial charge >= 0.3 is 11.9 Å². The second-order valence-corrected chi connectivity index (χ2v) is 22.2. The van der Waals surface area contributed by atoms with Crippen LogP contribution in [-0.2, 0) is 42.7 Å². The molecule has 21 unspecified atom stereocenters. The third-order valence-electron chi connectivity index (χ3n) is 18.1. The number of carbonyl (C=O) groups excluding carboxylic acids is 2. The Labute approximate surface area is 354 Å². The van der Waals surface area contributed by atoms with Gasteiger partial charge in [0.1, 0.15) is 24.4 Å². The number of esters is 2. The lowest BCUT2D eigenvalue weighted by molar-refractivity contribution is -0.336. The summed E-state index contributed by atoms with van der Waals surface area (Å²) in [5.74, 6) is -1.52. The molecule has 3 saturated heterocycles. The van der Waals surface area contributed by atoms with E-state index in [1.54, 1.807) is 20.8 Å². The molecule has 21 atom stereocenters. The third kappa shape index (κ3) is 6.59. The number of carbonyl (C=O) groups is 2. The van der Waals surface area contributed by atoms with Crippen molar-refractivity contribution in [3.8, 4) is 0 Å². The number of hydrogen-bond acceptors (Lipinski definition) is 15. The fraction of sp³-hybridized carbons (Fsp3) is 0.956. The fourth-order valence-corrected chi connectivity index (χ4v) is 15.4. The number of hydrogen-bond donors (Lipinski definition) is 6. The zero-order chi connectivity index (χ0) is 43.9. The van der Waals surface area contributed by atoms with Gasteiger partial charge in [-0.3, -0.25) is 9.59 Å². The van der Waals surface area contributed by atoms with E-state index < -0.39 is 102 Å². The minimum Gasteiger partial charge on any atom is -0.454 e. The first-order valence-electron chi connectivity index (χ1n) is 22.5. The number of rotatable bonds is 8. The Morgan fingerprint density at radius 2 is 1.38 bits per heavy atom. The zero-order valence-electron chi connectivity index (χ0n) is 37.2. The molecule has 0 amide bonds. The van der Waals surface area contributed by atoms with Crippen LogP contribution in [0.25, 0.3) is 0 Å². The maximum absolute atomic E-state index is 12.4. The standard InChI is InChI=1S/C45H72O15/c1-21-30(50)32(52)34(57-23(3)47)38(55-21)58-26-17-27-42(9)18-24(48)35(43(10)13-11-29(60-43)40(6,7)53)41(42,8)15-16-44(27)20-45(44)14-12-28(39(4,5)36(26)45)59-37-33(56-22(2)46)31(51)25(49)19-54-37/h21,24-38,48-53H,11-20H2,1-10H3. The molecule has 8 fully saturated rings. The van der Waals surface area contributed by atoms with E-state index in [4.69, 9.17) is 33.2 Å². The molecule has 5 saturated carbocycles. The van der Waals surface area contributed by atoms with Gasteiger partial charge in [-0.25, -0.2) is 0 Å². The molecule has 60 heavy (non-hydrogen) atoms. The van der Waals surface area contributed by atoms with Gasteiger partial charge < -0.3 is 63.8 Å². The lowest BCUT2D eigenvalue weighted by Crippen LogP contribution is -2.65. The molecule has 3 aliphatic heterocycles. The van der Waals surface area contributed by atoms with Crippen LogP contribution >= 0.6 is 0 Å². The predicted molar refractivity (Wildman–Crippen MR) is 211 cm³/mol. The Morgan fingerprint density at radius 1 is 0.733 bits per heavy atom. The van der Waals surface area contributed by atoms with Crippen LogP contribution in [0, 0.1) is 44.8 Å². The average Bonchev–Trinajstić information content (AvgIpc) is 3.50. The van der Waals surface area contributed by atoms with Crippen LogP contribution in [0.4, 0.5) is 0 Å². The molecular weight excluding hydrogens is 780 g/mol. The average molecular weight is 853 g/mol. The SMILES string of the molecule is CC(=O)OC1C(OC2CCC34CC35CCC3(C)C(C6(C)CCC(C(C)(C)O)O6)C(O)CC3(C)C5CC(OC3OC(C)C(O)C(O)C3OC(C)=O)C4C2(C)C)OCC(O)C1O. The van der Waals surface area contributed by atoms with E-state index in [9.17, 15) is 40.2 Å². The van der Waals surface area contributed by atoms with Crippen molar-refractivity contribution in [2.45, 2.75) is 218 Å². The van der Waals surface area contributed by atoms with Crippen LogP contribution in [0.3, 0.4) is 0 Å². The number of aliphatic hydroxyl groups excluding tert-OH is 5. The molecule has 342 valence electrons. The summed E-state index contributed by atoms with van der Waals surface area (Å²) in [5, 5.41) is 66.8. The summed E-state index contributed by atoms with van der Waals surface area (Å²) in [5.41, 5.74) is -3.25. The molecule has 3 heterocycles. The molecule has 0 bridgehead atoms. The fourth-order valence-electron chi connectivity index (χ4n) is 15.4. The topological polar surface area (TPSA) is 220 Å². The van der Waals surface area contributed by atoms with E-state index in [0.29, 0.717) is 25.7 Å². The second kappa shape index (κ2) is 14.8. The summed E-state index contributed by atoms with van der Waals surface area (Å²) in [6, 6.07) is 0. The monoisotopic (exact) mass is 852 g/mol. The van der Waals surface area contributed by atoms with Crippen molar-refractivity contribution in [3.63, 3.8) is 0 Å². The smallest absolute Gasteiger partial charge is 0.303 e. The first-order valence-corrected chi connectivity index (χ1v) is 22.5. The first-order chi connectivity index (χ1) is 27.8.